The Labute approximate surface area is 154 Å². The fourth-order valence-electron chi connectivity index (χ4n) is 2.88. The van der Waals surface area contributed by atoms with Crippen LogP contribution in [-0.2, 0) is 14.8 Å². The van der Waals surface area contributed by atoms with E-state index in [1.165, 1.54) is 34.9 Å². The first-order chi connectivity index (χ1) is 12.3. The van der Waals surface area contributed by atoms with Crippen molar-refractivity contribution in [3.05, 3.63) is 29.4 Å². The van der Waals surface area contributed by atoms with Crippen LogP contribution in [0.4, 0.5) is 9.52 Å². The first kappa shape index (κ1) is 18.7. The van der Waals surface area contributed by atoms with E-state index in [4.69, 9.17) is 4.74 Å². The molecule has 1 atom stereocenters. The molecule has 10 heteroatoms. The van der Waals surface area contributed by atoms with Gasteiger partial charge in [0.25, 0.3) is 0 Å². The molecule has 26 heavy (non-hydrogen) atoms. The van der Waals surface area contributed by atoms with Crippen LogP contribution in [0.3, 0.4) is 0 Å². The topological polar surface area (TPSA) is 88.6 Å². The molecule has 1 saturated heterocycles. The second kappa shape index (κ2) is 7.29. The Balaban J connectivity index is 1.74. The van der Waals surface area contributed by atoms with Crippen LogP contribution in [0.15, 0.2) is 23.6 Å². The average molecular weight is 399 g/mol. The van der Waals surface area contributed by atoms with E-state index in [-0.39, 0.29) is 5.75 Å². The molecule has 2 aromatic rings. The SMILES string of the molecule is COc1ccc(-c2csc(NC(=O)[C@H]3CCCN3S(C)(=O)=O)n2)cc1F. The highest BCUT2D eigenvalue weighted by molar-refractivity contribution is 7.88. The molecule has 0 unspecified atom stereocenters. The lowest BCUT2D eigenvalue weighted by Gasteiger charge is -2.20. The average Bonchev–Trinajstić information content (AvgIpc) is 3.23. The highest BCUT2D eigenvalue weighted by atomic mass is 32.2. The van der Waals surface area contributed by atoms with Gasteiger partial charge in [-0.1, -0.05) is 0 Å². The Morgan fingerprint density at radius 3 is 2.88 bits per heavy atom. The number of thiazole rings is 1. The number of methoxy groups -OCH3 is 1. The number of halogens is 1. The predicted molar refractivity (Wildman–Crippen MR) is 97.3 cm³/mol. The summed E-state index contributed by atoms with van der Waals surface area (Å²) in [6, 6.07) is 3.76. The molecule has 0 aliphatic carbocycles. The summed E-state index contributed by atoms with van der Waals surface area (Å²) < 4.78 is 43.4. The number of ether oxygens (including phenoxy) is 1. The van der Waals surface area contributed by atoms with Crippen molar-refractivity contribution in [1.82, 2.24) is 9.29 Å². The third-order valence-corrected chi connectivity index (χ3v) is 6.16. The standard InChI is InChI=1S/C16H18FN3O4S2/c1-24-14-6-5-10(8-11(14)17)12-9-25-16(18-12)19-15(21)13-4-3-7-20(13)26(2,22)23/h5-6,8-9,13H,3-4,7H2,1-2H3,(H,18,19,21)/t13-/m1/s1. The first-order valence-electron chi connectivity index (χ1n) is 7.86. The molecule has 1 fully saturated rings. The zero-order valence-electron chi connectivity index (χ0n) is 14.2. The van der Waals surface area contributed by atoms with Crippen molar-refractivity contribution in [3.8, 4) is 17.0 Å². The Bertz CT molecular complexity index is 929. The number of aromatic nitrogens is 1. The zero-order chi connectivity index (χ0) is 18.9. The summed E-state index contributed by atoms with van der Waals surface area (Å²) in [5.41, 5.74) is 1.07. The van der Waals surface area contributed by atoms with Gasteiger partial charge in [-0.3, -0.25) is 4.79 Å². The van der Waals surface area contributed by atoms with Crippen LogP contribution in [0.5, 0.6) is 5.75 Å². The molecule has 1 aromatic carbocycles. The van der Waals surface area contributed by atoms with Gasteiger partial charge in [0, 0.05) is 17.5 Å². The van der Waals surface area contributed by atoms with Gasteiger partial charge in [-0.2, -0.15) is 4.31 Å². The molecular weight excluding hydrogens is 381 g/mol. The molecule has 1 aliphatic heterocycles. The number of amides is 1. The molecular formula is C16H18FN3O4S2. The monoisotopic (exact) mass is 399 g/mol. The molecule has 1 amide bonds. The maximum Gasteiger partial charge on any atom is 0.244 e. The Hall–Kier alpha value is -2.04. The summed E-state index contributed by atoms with van der Waals surface area (Å²) in [7, 11) is -2.05. The van der Waals surface area contributed by atoms with E-state index in [0.29, 0.717) is 35.8 Å². The normalized spacial score (nSPS) is 18.0. The number of rotatable bonds is 5. The van der Waals surface area contributed by atoms with Crippen LogP contribution in [-0.4, -0.2) is 49.6 Å². The highest BCUT2D eigenvalue weighted by Gasteiger charge is 2.36. The number of carbonyl (C=O) groups is 1. The van der Waals surface area contributed by atoms with Crippen LogP contribution >= 0.6 is 11.3 Å². The van der Waals surface area contributed by atoms with Crippen LogP contribution in [0.2, 0.25) is 0 Å². The van der Waals surface area contributed by atoms with E-state index < -0.39 is 27.8 Å². The minimum Gasteiger partial charge on any atom is -0.494 e. The van der Waals surface area contributed by atoms with E-state index in [0.717, 1.165) is 6.26 Å². The second-order valence-electron chi connectivity index (χ2n) is 5.91. The lowest BCUT2D eigenvalue weighted by molar-refractivity contribution is -0.119. The minimum absolute atomic E-state index is 0.139. The van der Waals surface area contributed by atoms with E-state index in [9.17, 15) is 17.6 Å². The van der Waals surface area contributed by atoms with Gasteiger partial charge >= 0.3 is 0 Å². The Morgan fingerprint density at radius 1 is 1.46 bits per heavy atom. The number of nitrogens with one attached hydrogen (secondary N) is 1. The van der Waals surface area contributed by atoms with Gasteiger partial charge in [0.15, 0.2) is 16.7 Å². The predicted octanol–water partition coefficient (Wildman–Crippen LogP) is 2.32. The van der Waals surface area contributed by atoms with Gasteiger partial charge in [0.2, 0.25) is 15.9 Å². The highest BCUT2D eigenvalue weighted by Crippen LogP contribution is 2.29. The fraction of sp³-hybridized carbons (Fsp3) is 0.375. The Morgan fingerprint density at radius 2 is 2.23 bits per heavy atom. The quantitative estimate of drug-likeness (QED) is 0.834. The van der Waals surface area contributed by atoms with Crippen LogP contribution in [0.1, 0.15) is 12.8 Å². The third kappa shape index (κ3) is 3.87. The Kier molecular flexibility index (Phi) is 5.26. The summed E-state index contributed by atoms with van der Waals surface area (Å²) in [6.07, 6.45) is 2.21. The van der Waals surface area contributed by atoms with Crippen molar-refractivity contribution in [2.24, 2.45) is 0 Å². The molecule has 1 N–H and O–H groups in total. The van der Waals surface area contributed by atoms with E-state index in [1.54, 1.807) is 11.4 Å². The van der Waals surface area contributed by atoms with Gasteiger partial charge in [-0.05, 0) is 31.0 Å². The number of hydrogen-bond acceptors (Lipinski definition) is 6. The van der Waals surface area contributed by atoms with Gasteiger partial charge in [-0.25, -0.2) is 17.8 Å². The lowest BCUT2D eigenvalue weighted by Crippen LogP contribution is -2.42. The number of benzene rings is 1. The van der Waals surface area contributed by atoms with Gasteiger partial charge in [0.1, 0.15) is 6.04 Å². The summed E-state index contributed by atoms with van der Waals surface area (Å²) >= 11 is 1.19. The molecule has 3 rings (SSSR count). The molecule has 0 saturated carbocycles. The van der Waals surface area contributed by atoms with Crippen molar-refractivity contribution in [1.29, 1.82) is 0 Å². The number of hydrogen-bond donors (Lipinski definition) is 1. The van der Waals surface area contributed by atoms with E-state index in [1.807, 2.05) is 0 Å². The molecule has 7 nitrogen and oxygen atoms in total. The first-order valence-corrected chi connectivity index (χ1v) is 10.6. The van der Waals surface area contributed by atoms with Crippen molar-refractivity contribution < 1.29 is 22.3 Å². The molecule has 1 aromatic heterocycles. The number of carbonyl (C=O) groups excluding carboxylic acids is 1. The van der Waals surface area contributed by atoms with E-state index in [2.05, 4.69) is 10.3 Å². The summed E-state index contributed by atoms with van der Waals surface area (Å²) in [5, 5.41) is 4.69. The molecule has 0 spiro atoms. The summed E-state index contributed by atoms with van der Waals surface area (Å²) in [6.45, 7) is 0.338. The summed E-state index contributed by atoms with van der Waals surface area (Å²) in [4.78, 5) is 16.7. The smallest absolute Gasteiger partial charge is 0.244 e. The summed E-state index contributed by atoms with van der Waals surface area (Å²) in [5.74, 6) is -0.771. The largest absolute Gasteiger partial charge is 0.494 e. The van der Waals surface area contributed by atoms with Crippen molar-refractivity contribution in [2.45, 2.75) is 18.9 Å². The van der Waals surface area contributed by atoms with Crippen LogP contribution in [0.25, 0.3) is 11.3 Å². The maximum atomic E-state index is 13.8. The van der Waals surface area contributed by atoms with Crippen molar-refractivity contribution in [2.75, 3.05) is 25.2 Å². The fourth-order valence-corrected chi connectivity index (χ4v) is 4.72. The lowest BCUT2D eigenvalue weighted by atomic mass is 10.1. The molecule has 140 valence electrons. The minimum atomic E-state index is -3.44. The molecule has 1 aliphatic rings. The van der Waals surface area contributed by atoms with Crippen LogP contribution < -0.4 is 10.1 Å². The third-order valence-electron chi connectivity index (χ3n) is 4.11. The van der Waals surface area contributed by atoms with Crippen molar-refractivity contribution >= 4 is 32.4 Å². The van der Waals surface area contributed by atoms with Gasteiger partial charge < -0.3 is 10.1 Å². The second-order valence-corrected chi connectivity index (χ2v) is 8.70. The van der Waals surface area contributed by atoms with Crippen molar-refractivity contribution in [3.63, 3.8) is 0 Å². The number of sulfonamides is 1. The zero-order valence-corrected chi connectivity index (χ0v) is 15.9. The van der Waals surface area contributed by atoms with Gasteiger partial charge in [0.05, 0.1) is 19.1 Å². The number of anilines is 1. The molecule has 2 heterocycles. The maximum absolute atomic E-state index is 13.8. The van der Waals surface area contributed by atoms with Crippen LogP contribution in [0, 0.1) is 5.82 Å². The van der Waals surface area contributed by atoms with Gasteiger partial charge in [-0.15, -0.1) is 11.3 Å². The molecule has 0 radical (unpaired) electrons. The number of nitrogens with zero attached hydrogens (tertiary/aromatic N) is 2. The molecule has 0 bridgehead atoms. The van der Waals surface area contributed by atoms with E-state index >= 15 is 0 Å².